The van der Waals surface area contributed by atoms with Gasteiger partial charge in [0, 0.05) is 17.6 Å². The van der Waals surface area contributed by atoms with E-state index in [9.17, 15) is 15.0 Å². The Hall–Kier alpha value is -2.12. The highest BCUT2D eigenvalue weighted by Gasteiger charge is 2.37. The summed E-state index contributed by atoms with van der Waals surface area (Å²) in [5.74, 6) is -0.483. The molecule has 0 spiro atoms. The van der Waals surface area contributed by atoms with Crippen molar-refractivity contribution >= 4 is 24.9 Å². The minimum absolute atomic E-state index is 0.0833. The van der Waals surface area contributed by atoms with Gasteiger partial charge in [-0.15, -0.1) is 0 Å². The number of hydrogen-bond donors (Lipinski definition) is 4. The van der Waals surface area contributed by atoms with E-state index >= 15 is 0 Å². The largest absolute Gasteiger partial charge is 0.508 e. The lowest BCUT2D eigenvalue weighted by atomic mass is 9.77. The highest BCUT2D eigenvalue weighted by atomic mass is 16.5. The molecule has 0 atom stereocenters. The molecule has 6 nitrogen and oxygen atoms in total. The Labute approximate surface area is 181 Å². The van der Waals surface area contributed by atoms with Crippen molar-refractivity contribution < 1.29 is 19.7 Å². The summed E-state index contributed by atoms with van der Waals surface area (Å²) in [7, 11) is -0.191. The van der Waals surface area contributed by atoms with Crippen LogP contribution >= 0.6 is 0 Å². The summed E-state index contributed by atoms with van der Waals surface area (Å²) in [6.07, 6.45) is 0. The summed E-state index contributed by atoms with van der Waals surface area (Å²) in [5.41, 5.74) is 1.22. The van der Waals surface area contributed by atoms with Crippen LogP contribution in [0.1, 0.15) is 76.6 Å². The van der Waals surface area contributed by atoms with Crippen molar-refractivity contribution in [2.45, 2.75) is 79.4 Å². The van der Waals surface area contributed by atoms with Crippen LogP contribution in [0.4, 0.5) is 0 Å². The lowest BCUT2D eigenvalue weighted by Gasteiger charge is -2.37. The normalized spacial score (nSPS) is 13.2. The lowest BCUT2D eigenvalue weighted by molar-refractivity contribution is -0.114. The van der Waals surface area contributed by atoms with E-state index in [-0.39, 0.29) is 30.3 Å². The van der Waals surface area contributed by atoms with Crippen molar-refractivity contribution in [2.75, 3.05) is 6.54 Å². The Morgan fingerprint density at radius 3 is 2.23 bits per heavy atom. The van der Waals surface area contributed by atoms with Crippen LogP contribution in [0.2, 0.25) is 0 Å². The number of rotatable bonds is 9. The molecule has 0 heterocycles. The van der Waals surface area contributed by atoms with Crippen LogP contribution in [0.15, 0.2) is 17.6 Å². The van der Waals surface area contributed by atoms with Gasteiger partial charge in [0.1, 0.15) is 11.5 Å². The molecule has 1 rings (SSSR count). The number of carbonyl (C=O) groups excluding carboxylic acids is 1. The Morgan fingerprint density at radius 1 is 1.20 bits per heavy atom. The first-order valence-electron chi connectivity index (χ1n) is 10.4. The van der Waals surface area contributed by atoms with Gasteiger partial charge >= 0.3 is 7.48 Å². The predicted molar refractivity (Wildman–Crippen MR) is 125 cm³/mol. The SMILES string of the molecule is CCNC(=O)C(=N)/C(BOC(C)(C)C(C)(C)O)=C(\O)c1cc(C(C)C)c(C)cc1C. The fourth-order valence-corrected chi connectivity index (χ4v) is 2.98. The van der Waals surface area contributed by atoms with E-state index in [0.29, 0.717) is 12.1 Å². The third kappa shape index (κ3) is 5.95. The van der Waals surface area contributed by atoms with Gasteiger partial charge in [-0.3, -0.25) is 10.2 Å². The Balaban J connectivity index is 3.56. The molecule has 0 fully saturated rings. The minimum Gasteiger partial charge on any atom is -0.508 e. The fraction of sp³-hybridized carbons (Fsp3) is 0.565. The molecule has 1 aromatic rings. The van der Waals surface area contributed by atoms with Gasteiger partial charge in [0.25, 0.3) is 5.91 Å². The quantitative estimate of drug-likeness (QED) is 0.280. The molecule has 0 unspecified atom stereocenters. The molecule has 0 aliphatic heterocycles. The molecule has 0 radical (unpaired) electrons. The van der Waals surface area contributed by atoms with Gasteiger partial charge in [0.15, 0.2) is 0 Å². The topological polar surface area (TPSA) is 103 Å². The third-order valence-electron chi connectivity index (χ3n) is 5.69. The van der Waals surface area contributed by atoms with Gasteiger partial charge in [-0.05, 0) is 77.1 Å². The first-order chi connectivity index (χ1) is 13.6. The smallest absolute Gasteiger partial charge is 0.315 e. The molecule has 0 saturated carbocycles. The second kappa shape index (κ2) is 9.79. The zero-order valence-electron chi connectivity index (χ0n) is 19.9. The number of hydrogen-bond acceptors (Lipinski definition) is 5. The van der Waals surface area contributed by atoms with Gasteiger partial charge < -0.3 is 20.2 Å². The maximum Gasteiger partial charge on any atom is 0.315 e. The highest BCUT2D eigenvalue weighted by molar-refractivity contribution is 6.63. The van der Waals surface area contributed by atoms with Gasteiger partial charge in [-0.1, -0.05) is 19.9 Å². The number of amides is 1. The van der Waals surface area contributed by atoms with Crippen LogP contribution in [0, 0.1) is 19.3 Å². The summed E-state index contributed by atoms with van der Waals surface area (Å²) in [6, 6.07) is 3.91. The van der Waals surface area contributed by atoms with Crippen molar-refractivity contribution in [2.24, 2.45) is 0 Å². The summed E-state index contributed by atoms with van der Waals surface area (Å²) in [4.78, 5) is 12.4. The molecule has 0 bridgehead atoms. The van der Waals surface area contributed by atoms with Crippen molar-refractivity contribution in [3.8, 4) is 0 Å². The van der Waals surface area contributed by atoms with Crippen molar-refractivity contribution in [1.82, 2.24) is 5.32 Å². The molecular weight excluding hydrogens is 379 g/mol. The molecule has 0 saturated heterocycles. The van der Waals surface area contributed by atoms with Crippen LogP contribution in [-0.2, 0) is 9.45 Å². The van der Waals surface area contributed by atoms with Crippen LogP contribution in [0.5, 0.6) is 0 Å². The molecule has 0 aliphatic carbocycles. The Bertz CT molecular complexity index is 836. The van der Waals surface area contributed by atoms with E-state index < -0.39 is 17.1 Å². The number of benzene rings is 1. The number of aliphatic hydroxyl groups excluding tert-OH is 1. The molecule has 30 heavy (non-hydrogen) atoms. The predicted octanol–water partition coefficient (Wildman–Crippen LogP) is 3.73. The van der Waals surface area contributed by atoms with Gasteiger partial charge in [0.2, 0.25) is 0 Å². The zero-order chi connectivity index (χ0) is 23.4. The standard InChI is InChI=1S/C23H37BN2O4/c1-10-26-21(28)19(25)18(24-30-23(8,9)22(6,7)29)20(27)17-12-16(13(2)3)14(4)11-15(17)5/h11-13,24-25,27,29H,10H2,1-9H3,(H,26,28)/b20-18+,25-19?. The summed E-state index contributed by atoms with van der Waals surface area (Å²) in [6.45, 7) is 16.9. The highest BCUT2D eigenvalue weighted by Crippen LogP contribution is 2.30. The first-order valence-corrected chi connectivity index (χ1v) is 10.4. The molecular formula is C23H37BN2O4. The van der Waals surface area contributed by atoms with E-state index in [1.54, 1.807) is 34.6 Å². The monoisotopic (exact) mass is 416 g/mol. The molecule has 7 heteroatoms. The first kappa shape index (κ1) is 25.9. The summed E-state index contributed by atoms with van der Waals surface area (Å²) < 4.78 is 5.90. The van der Waals surface area contributed by atoms with Gasteiger partial charge in [-0.2, -0.15) is 0 Å². The maximum atomic E-state index is 12.4. The molecule has 4 N–H and O–H groups in total. The number of carbonyl (C=O) groups is 1. The average molecular weight is 416 g/mol. The van der Waals surface area contributed by atoms with Crippen LogP contribution in [0.3, 0.4) is 0 Å². The van der Waals surface area contributed by atoms with E-state index in [1.807, 2.05) is 26.0 Å². The maximum absolute atomic E-state index is 12.4. The van der Waals surface area contributed by atoms with Gasteiger partial charge in [0.05, 0.1) is 11.2 Å². The van der Waals surface area contributed by atoms with E-state index in [2.05, 4.69) is 19.2 Å². The van der Waals surface area contributed by atoms with E-state index in [4.69, 9.17) is 10.1 Å². The van der Waals surface area contributed by atoms with Crippen molar-refractivity contribution in [3.63, 3.8) is 0 Å². The van der Waals surface area contributed by atoms with Crippen LogP contribution < -0.4 is 5.32 Å². The van der Waals surface area contributed by atoms with Crippen molar-refractivity contribution in [3.05, 3.63) is 39.9 Å². The molecule has 1 amide bonds. The fourth-order valence-electron chi connectivity index (χ4n) is 2.98. The number of aliphatic hydroxyl groups is 2. The molecule has 166 valence electrons. The second-order valence-corrected chi connectivity index (χ2v) is 9.10. The molecule has 0 aliphatic rings. The minimum atomic E-state index is -1.16. The number of nitrogens with one attached hydrogen (secondary N) is 2. The van der Waals surface area contributed by atoms with E-state index in [0.717, 1.165) is 16.7 Å². The third-order valence-corrected chi connectivity index (χ3v) is 5.69. The Kier molecular flexibility index (Phi) is 8.46. The van der Waals surface area contributed by atoms with E-state index in [1.165, 1.54) is 0 Å². The molecule has 1 aromatic carbocycles. The summed E-state index contributed by atoms with van der Waals surface area (Å²) in [5, 5.41) is 32.5. The Morgan fingerprint density at radius 2 is 1.77 bits per heavy atom. The van der Waals surface area contributed by atoms with Crippen LogP contribution in [0.25, 0.3) is 5.76 Å². The number of aryl methyl sites for hydroxylation is 2. The second-order valence-electron chi connectivity index (χ2n) is 9.10. The lowest BCUT2D eigenvalue weighted by Crippen LogP contribution is -2.48. The van der Waals surface area contributed by atoms with Gasteiger partial charge in [-0.25, -0.2) is 0 Å². The van der Waals surface area contributed by atoms with Crippen LogP contribution in [-0.4, -0.2) is 47.1 Å². The zero-order valence-corrected chi connectivity index (χ0v) is 19.9. The average Bonchev–Trinajstić information content (AvgIpc) is 2.60. The van der Waals surface area contributed by atoms with Crippen molar-refractivity contribution in [1.29, 1.82) is 5.41 Å². The molecule has 0 aromatic heterocycles. The summed E-state index contributed by atoms with van der Waals surface area (Å²) >= 11 is 0.